The molecule has 3 rings (SSSR count). The van der Waals surface area contributed by atoms with Crippen molar-refractivity contribution in [2.24, 2.45) is 0 Å². The Morgan fingerprint density at radius 2 is 1.81 bits per heavy atom. The first-order chi connectivity index (χ1) is 15.3. The second-order valence-corrected chi connectivity index (χ2v) is 7.99. The van der Waals surface area contributed by atoms with Crippen LogP contribution in [-0.4, -0.2) is 40.5 Å². The fraction of sp³-hybridized carbons (Fsp3) is 0.375. The molecule has 0 saturated carbocycles. The Balaban J connectivity index is 1.79. The van der Waals surface area contributed by atoms with Crippen LogP contribution >= 0.6 is 0 Å². The number of carbonyl (C=O) groups is 1. The van der Waals surface area contributed by atoms with E-state index in [-0.39, 0.29) is 30.5 Å². The number of benzene rings is 2. The third kappa shape index (κ3) is 5.08. The molecule has 0 spiro atoms. The lowest BCUT2D eigenvalue weighted by molar-refractivity contribution is -0.119. The minimum Gasteiger partial charge on any atom is -0.383 e. The third-order valence-electron chi connectivity index (χ3n) is 5.51. The van der Waals surface area contributed by atoms with E-state index in [1.807, 2.05) is 37.1 Å². The van der Waals surface area contributed by atoms with E-state index in [1.54, 1.807) is 6.92 Å². The number of nitrogen functional groups attached to an aromatic ring is 1. The highest BCUT2D eigenvalue weighted by Crippen LogP contribution is 2.19. The highest BCUT2D eigenvalue weighted by molar-refractivity contribution is 5.96. The minimum atomic E-state index is -0.646. The maximum absolute atomic E-state index is 13.1. The highest BCUT2D eigenvalue weighted by Gasteiger charge is 2.23. The summed E-state index contributed by atoms with van der Waals surface area (Å²) in [6.07, 6.45) is 1.61. The van der Waals surface area contributed by atoms with E-state index >= 15 is 0 Å². The first-order valence-corrected chi connectivity index (χ1v) is 10.9. The van der Waals surface area contributed by atoms with Crippen molar-refractivity contribution in [1.29, 1.82) is 0 Å². The van der Waals surface area contributed by atoms with Gasteiger partial charge in [-0.15, -0.1) is 0 Å². The number of anilines is 2. The molecule has 1 aromatic heterocycles. The van der Waals surface area contributed by atoms with Crippen LogP contribution in [0.5, 0.6) is 0 Å². The van der Waals surface area contributed by atoms with Gasteiger partial charge in [-0.05, 0) is 42.8 Å². The molecule has 1 heterocycles. The molecule has 0 radical (unpaired) electrons. The molecule has 0 aliphatic carbocycles. The lowest BCUT2D eigenvalue weighted by Crippen LogP contribution is -2.44. The van der Waals surface area contributed by atoms with Crippen LogP contribution in [0.25, 0.3) is 10.8 Å². The molecule has 2 aromatic carbocycles. The standard InChI is InChI=1S/C24H31N5O3/c1-4-6-13-29-22(25)21(23(31)26-24(29)32)28(5-2)20(30)16-27(3)15-17-11-12-18-9-7-8-10-19(18)14-17/h7-12,14H,4-6,13,15-16,25H2,1-3H3,(H,26,31,32). The largest absolute Gasteiger partial charge is 0.383 e. The number of hydrogen-bond acceptors (Lipinski definition) is 5. The maximum Gasteiger partial charge on any atom is 0.330 e. The van der Waals surface area contributed by atoms with Crippen LogP contribution in [0.3, 0.4) is 0 Å². The van der Waals surface area contributed by atoms with Gasteiger partial charge in [0.15, 0.2) is 5.69 Å². The Hall–Kier alpha value is -3.39. The number of rotatable bonds is 9. The Kier molecular flexibility index (Phi) is 7.48. The molecular formula is C24H31N5O3. The zero-order valence-electron chi connectivity index (χ0n) is 18.9. The summed E-state index contributed by atoms with van der Waals surface area (Å²) in [7, 11) is 1.86. The smallest absolute Gasteiger partial charge is 0.330 e. The van der Waals surface area contributed by atoms with E-state index in [4.69, 9.17) is 5.73 Å². The molecule has 1 amide bonds. The van der Waals surface area contributed by atoms with Gasteiger partial charge in [-0.2, -0.15) is 0 Å². The molecule has 0 aliphatic rings. The number of aromatic nitrogens is 2. The molecule has 0 atom stereocenters. The molecule has 0 fully saturated rings. The van der Waals surface area contributed by atoms with Crippen LogP contribution in [0, 0.1) is 0 Å². The van der Waals surface area contributed by atoms with Crippen LogP contribution < -0.4 is 21.9 Å². The molecule has 0 saturated heterocycles. The van der Waals surface area contributed by atoms with Crippen molar-refractivity contribution in [1.82, 2.24) is 14.5 Å². The van der Waals surface area contributed by atoms with Gasteiger partial charge in [0.2, 0.25) is 5.91 Å². The molecule has 3 aromatic rings. The van der Waals surface area contributed by atoms with Gasteiger partial charge in [0.1, 0.15) is 5.82 Å². The van der Waals surface area contributed by atoms with E-state index in [9.17, 15) is 14.4 Å². The van der Waals surface area contributed by atoms with Gasteiger partial charge in [-0.25, -0.2) is 4.79 Å². The summed E-state index contributed by atoms with van der Waals surface area (Å²) in [5, 5.41) is 2.31. The van der Waals surface area contributed by atoms with Crippen molar-refractivity contribution >= 4 is 28.2 Å². The summed E-state index contributed by atoms with van der Waals surface area (Å²) in [6, 6.07) is 14.4. The second-order valence-electron chi connectivity index (χ2n) is 7.99. The number of hydrogen-bond donors (Lipinski definition) is 2. The molecule has 3 N–H and O–H groups in total. The number of unbranched alkanes of at least 4 members (excludes halogenated alkanes) is 1. The number of nitrogens with zero attached hydrogens (tertiary/aromatic N) is 3. The van der Waals surface area contributed by atoms with E-state index in [0.717, 1.165) is 23.8 Å². The fourth-order valence-corrected chi connectivity index (χ4v) is 3.86. The molecule has 0 unspecified atom stereocenters. The summed E-state index contributed by atoms with van der Waals surface area (Å²) < 4.78 is 1.33. The Morgan fingerprint density at radius 1 is 1.09 bits per heavy atom. The van der Waals surface area contributed by atoms with Gasteiger partial charge in [0, 0.05) is 19.6 Å². The SMILES string of the molecule is CCCCn1c(N)c(N(CC)C(=O)CN(C)Cc2ccc3ccccc3c2)c(=O)[nH]c1=O. The first-order valence-electron chi connectivity index (χ1n) is 10.9. The van der Waals surface area contributed by atoms with Gasteiger partial charge in [0.05, 0.1) is 6.54 Å². The number of H-pyrrole nitrogens is 1. The Bertz CT molecular complexity index is 1210. The summed E-state index contributed by atoms with van der Waals surface area (Å²) in [5.41, 5.74) is 6.11. The molecule has 32 heavy (non-hydrogen) atoms. The maximum atomic E-state index is 13.1. The minimum absolute atomic E-state index is 0.0274. The predicted octanol–water partition coefficient (Wildman–Crippen LogP) is 2.56. The van der Waals surface area contributed by atoms with Gasteiger partial charge in [-0.3, -0.25) is 24.0 Å². The number of nitrogens with one attached hydrogen (secondary N) is 1. The van der Waals surface area contributed by atoms with Gasteiger partial charge >= 0.3 is 5.69 Å². The average molecular weight is 438 g/mol. The van der Waals surface area contributed by atoms with E-state index < -0.39 is 11.2 Å². The quantitative estimate of drug-likeness (QED) is 0.535. The van der Waals surface area contributed by atoms with E-state index in [1.165, 1.54) is 14.9 Å². The Morgan fingerprint density at radius 3 is 2.50 bits per heavy atom. The van der Waals surface area contributed by atoms with Crippen molar-refractivity contribution in [2.45, 2.75) is 39.8 Å². The average Bonchev–Trinajstić information content (AvgIpc) is 2.76. The summed E-state index contributed by atoms with van der Waals surface area (Å²) in [5.74, 6) is -0.228. The van der Waals surface area contributed by atoms with E-state index in [2.05, 4.69) is 29.2 Å². The number of aromatic amines is 1. The summed E-state index contributed by atoms with van der Waals surface area (Å²) in [4.78, 5) is 43.4. The van der Waals surface area contributed by atoms with Gasteiger partial charge < -0.3 is 10.6 Å². The van der Waals surface area contributed by atoms with Crippen molar-refractivity contribution < 1.29 is 4.79 Å². The van der Waals surface area contributed by atoms with Crippen LogP contribution in [-0.2, 0) is 17.9 Å². The first kappa shape index (κ1) is 23.3. The number of nitrogens with two attached hydrogens (primary N) is 1. The lowest BCUT2D eigenvalue weighted by Gasteiger charge is -2.25. The number of amides is 1. The van der Waals surface area contributed by atoms with Crippen LogP contribution in [0.2, 0.25) is 0 Å². The molecule has 170 valence electrons. The lowest BCUT2D eigenvalue weighted by atomic mass is 10.1. The second kappa shape index (κ2) is 10.3. The summed E-state index contributed by atoms with van der Waals surface area (Å²) in [6.45, 7) is 5.12. The van der Waals surface area contributed by atoms with Crippen LogP contribution in [0.4, 0.5) is 11.5 Å². The molecule has 8 nitrogen and oxygen atoms in total. The number of carbonyl (C=O) groups excluding carboxylic acids is 1. The number of fused-ring (bicyclic) bond motifs is 1. The van der Waals surface area contributed by atoms with Crippen LogP contribution in [0.1, 0.15) is 32.3 Å². The van der Waals surface area contributed by atoms with Crippen molar-refractivity contribution in [2.75, 3.05) is 30.8 Å². The normalized spacial score (nSPS) is 11.2. The highest BCUT2D eigenvalue weighted by atomic mass is 16.2. The molecule has 0 aliphatic heterocycles. The van der Waals surface area contributed by atoms with Crippen molar-refractivity contribution in [3.63, 3.8) is 0 Å². The summed E-state index contributed by atoms with van der Waals surface area (Å²) >= 11 is 0. The monoisotopic (exact) mass is 437 g/mol. The zero-order valence-corrected chi connectivity index (χ0v) is 18.9. The molecule has 0 bridgehead atoms. The Labute approximate surface area is 187 Å². The molecule has 8 heteroatoms. The van der Waals surface area contributed by atoms with Crippen molar-refractivity contribution in [3.8, 4) is 0 Å². The van der Waals surface area contributed by atoms with Gasteiger partial charge in [-0.1, -0.05) is 49.7 Å². The van der Waals surface area contributed by atoms with Gasteiger partial charge in [0.25, 0.3) is 5.56 Å². The molecular weight excluding hydrogens is 406 g/mol. The zero-order chi connectivity index (χ0) is 23.3. The topological polar surface area (TPSA) is 104 Å². The fourth-order valence-electron chi connectivity index (χ4n) is 3.86. The number of likely N-dealkylation sites (N-methyl/N-ethyl adjacent to an activating group) is 2. The third-order valence-corrected chi connectivity index (χ3v) is 5.51. The van der Waals surface area contributed by atoms with E-state index in [0.29, 0.717) is 13.1 Å². The van der Waals surface area contributed by atoms with Crippen molar-refractivity contribution in [3.05, 3.63) is 68.9 Å². The predicted molar refractivity (Wildman–Crippen MR) is 129 cm³/mol. The van der Waals surface area contributed by atoms with Crippen LogP contribution in [0.15, 0.2) is 52.1 Å².